The molecule has 94 valence electrons. The number of rotatable bonds is 5. The van der Waals surface area contributed by atoms with Crippen molar-refractivity contribution < 1.29 is 0 Å². The van der Waals surface area contributed by atoms with Gasteiger partial charge in [0, 0.05) is 25.3 Å². The molecule has 0 aliphatic heterocycles. The van der Waals surface area contributed by atoms with E-state index in [0.29, 0.717) is 0 Å². The average molecular weight is 232 g/mol. The molecule has 1 aromatic rings. The fourth-order valence-corrected chi connectivity index (χ4v) is 2.93. The molecule has 2 atom stereocenters. The van der Waals surface area contributed by atoms with Crippen LogP contribution in [0.4, 0.5) is 5.69 Å². The van der Waals surface area contributed by atoms with Gasteiger partial charge < -0.3 is 10.2 Å². The molecule has 2 nitrogen and oxygen atoms in total. The maximum absolute atomic E-state index is 3.62. The van der Waals surface area contributed by atoms with Gasteiger partial charge in [0.1, 0.15) is 0 Å². The highest BCUT2D eigenvalue weighted by molar-refractivity contribution is 5.45. The zero-order valence-corrected chi connectivity index (χ0v) is 11.0. The van der Waals surface area contributed by atoms with E-state index in [1.807, 2.05) is 0 Å². The molecule has 0 amide bonds. The third-order valence-electron chi connectivity index (χ3n) is 3.83. The number of benzene rings is 1. The molecule has 0 spiro atoms. The Bertz CT molecular complexity index is 323. The van der Waals surface area contributed by atoms with Crippen molar-refractivity contribution in [1.82, 2.24) is 5.32 Å². The highest BCUT2D eigenvalue weighted by Crippen LogP contribution is 2.27. The van der Waals surface area contributed by atoms with Crippen LogP contribution in [0.15, 0.2) is 30.3 Å². The van der Waals surface area contributed by atoms with E-state index >= 15 is 0 Å². The van der Waals surface area contributed by atoms with Crippen molar-refractivity contribution in [3.05, 3.63) is 30.3 Å². The molecule has 0 heterocycles. The molecule has 2 rings (SSSR count). The molecule has 1 fully saturated rings. The van der Waals surface area contributed by atoms with Gasteiger partial charge in [0.2, 0.25) is 0 Å². The number of hydrogen-bond acceptors (Lipinski definition) is 2. The van der Waals surface area contributed by atoms with E-state index < -0.39 is 0 Å². The lowest BCUT2D eigenvalue weighted by Gasteiger charge is -2.27. The molecule has 1 saturated carbocycles. The lowest BCUT2D eigenvalue weighted by molar-refractivity contribution is 0.411. The van der Waals surface area contributed by atoms with Crippen molar-refractivity contribution in [1.29, 1.82) is 0 Å². The molecule has 0 radical (unpaired) electrons. The van der Waals surface area contributed by atoms with Crippen molar-refractivity contribution in [3.8, 4) is 0 Å². The predicted molar refractivity (Wildman–Crippen MR) is 74.5 cm³/mol. The summed E-state index contributed by atoms with van der Waals surface area (Å²) in [4.78, 5) is 2.39. The molecule has 1 N–H and O–H groups in total. The minimum atomic E-state index is 0.728. The SMILES string of the molecule is CCNC1CCCC1CN(C)c1ccccc1. The van der Waals surface area contributed by atoms with Crippen LogP contribution in [0.2, 0.25) is 0 Å². The van der Waals surface area contributed by atoms with Gasteiger partial charge in [-0.2, -0.15) is 0 Å². The molecule has 17 heavy (non-hydrogen) atoms. The Balaban J connectivity index is 1.92. The average Bonchev–Trinajstić information content (AvgIpc) is 2.78. The zero-order chi connectivity index (χ0) is 12.1. The molecule has 0 bridgehead atoms. The van der Waals surface area contributed by atoms with E-state index in [-0.39, 0.29) is 0 Å². The molecule has 1 aliphatic rings. The van der Waals surface area contributed by atoms with Crippen molar-refractivity contribution in [3.63, 3.8) is 0 Å². The predicted octanol–water partition coefficient (Wildman–Crippen LogP) is 2.90. The molecular weight excluding hydrogens is 208 g/mol. The normalized spacial score (nSPS) is 23.9. The fourth-order valence-electron chi connectivity index (χ4n) is 2.93. The van der Waals surface area contributed by atoms with Gasteiger partial charge in [-0.15, -0.1) is 0 Å². The van der Waals surface area contributed by atoms with Crippen molar-refractivity contribution in [2.75, 3.05) is 25.0 Å². The molecule has 2 unspecified atom stereocenters. The number of hydrogen-bond donors (Lipinski definition) is 1. The minimum Gasteiger partial charge on any atom is -0.374 e. The van der Waals surface area contributed by atoms with Crippen LogP contribution < -0.4 is 10.2 Å². The van der Waals surface area contributed by atoms with Crippen LogP contribution in [0.5, 0.6) is 0 Å². The third kappa shape index (κ3) is 3.22. The molecule has 0 saturated heterocycles. The summed E-state index contributed by atoms with van der Waals surface area (Å²) in [5, 5.41) is 3.62. The summed E-state index contributed by atoms with van der Waals surface area (Å²) in [6.45, 7) is 4.47. The van der Waals surface area contributed by atoms with Gasteiger partial charge in [-0.3, -0.25) is 0 Å². The minimum absolute atomic E-state index is 0.728. The number of nitrogens with one attached hydrogen (secondary N) is 1. The van der Waals surface area contributed by atoms with Gasteiger partial charge in [-0.1, -0.05) is 31.5 Å². The Hall–Kier alpha value is -1.02. The van der Waals surface area contributed by atoms with Crippen LogP contribution in [0.25, 0.3) is 0 Å². The highest BCUT2D eigenvalue weighted by atomic mass is 15.1. The smallest absolute Gasteiger partial charge is 0.0363 e. The van der Waals surface area contributed by atoms with Crippen molar-refractivity contribution in [2.24, 2.45) is 5.92 Å². The zero-order valence-electron chi connectivity index (χ0n) is 11.0. The lowest BCUT2D eigenvalue weighted by Crippen LogP contribution is -2.38. The van der Waals surface area contributed by atoms with E-state index in [0.717, 1.165) is 18.5 Å². The van der Waals surface area contributed by atoms with Gasteiger partial charge in [-0.25, -0.2) is 0 Å². The van der Waals surface area contributed by atoms with Crippen molar-refractivity contribution in [2.45, 2.75) is 32.2 Å². The summed E-state index contributed by atoms with van der Waals surface area (Å²) < 4.78 is 0. The van der Waals surface area contributed by atoms with E-state index in [2.05, 4.69) is 54.5 Å². The second kappa shape index (κ2) is 6.06. The van der Waals surface area contributed by atoms with Gasteiger partial charge in [-0.05, 0) is 37.4 Å². The second-order valence-corrected chi connectivity index (χ2v) is 5.07. The fraction of sp³-hybridized carbons (Fsp3) is 0.600. The molecule has 1 aromatic carbocycles. The number of anilines is 1. The topological polar surface area (TPSA) is 15.3 Å². The molecule has 0 aromatic heterocycles. The van der Waals surface area contributed by atoms with Gasteiger partial charge in [0.25, 0.3) is 0 Å². The van der Waals surface area contributed by atoms with Crippen LogP contribution in [-0.2, 0) is 0 Å². The standard InChI is InChI=1S/C15H24N2/c1-3-16-15-11-7-8-13(15)12-17(2)14-9-5-4-6-10-14/h4-6,9-10,13,15-16H,3,7-8,11-12H2,1-2H3. The third-order valence-corrected chi connectivity index (χ3v) is 3.83. The molecule has 2 heteroatoms. The summed E-state index contributed by atoms with van der Waals surface area (Å²) in [5.74, 6) is 0.806. The summed E-state index contributed by atoms with van der Waals surface area (Å²) in [6.07, 6.45) is 4.10. The van der Waals surface area contributed by atoms with Crippen LogP contribution in [0.3, 0.4) is 0 Å². The monoisotopic (exact) mass is 232 g/mol. The maximum atomic E-state index is 3.62. The van der Waals surface area contributed by atoms with E-state index in [4.69, 9.17) is 0 Å². The van der Waals surface area contributed by atoms with Gasteiger partial charge in [0.15, 0.2) is 0 Å². The summed E-state index contributed by atoms with van der Waals surface area (Å²) in [5.41, 5.74) is 1.33. The van der Waals surface area contributed by atoms with Crippen LogP contribution in [0, 0.1) is 5.92 Å². The summed E-state index contributed by atoms with van der Waals surface area (Å²) in [7, 11) is 2.21. The Morgan fingerprint density at radius 3 is 2.71 bits per heavy atom. The Kier molecular flexibility index (Phi) is 4.43. The van der Waals surface area contributed by atoms with Crippen LogP contribution in [-0.4, -0.2) is 26.2 Å². The Morgan fingerprint density at radius 1 is 1.24 bits per heavy atom. The highest BCUT2D eigenvalue weighted by Gasteiger charge is 2.27. The van der Waals surface area contributed by atoms with Crippen LogP contribution >= 0.6 is 0 Å². The van der Waals surface area contributed by atoms with E-state index in [1.54, 1.807) is 0 Å². The molecule has 1 aliphatic carbocycles. The van der Waals surface area contributed by atoms with Crippen LogP contribution in [0.1, 0.15) is 26.2 Å². The first-order valence-corrected chi connectivity index (χ1v) is 6.81. The Labute approximate surface area is 105 Å². The number of para-hydroxylation sites is 1. The summed E-state index contributed by atoms with van der Waals surface area (Å²) >= 11 is 0. The van der Waals surface area contributed by atoms with Gasteiger partial charge in [0.05, 0.1) is 0 Å². The van der Waals surface area contributed by atoms with E-state index in [9.17, 15) is 0 Å². The first-order chi connectivity index (χ1) is 8.31. The maximum Gasteiger partial charge on any atom is 0.0363 e. The quantitative estimate of drug-likeness (QED) is 0.839. The molecular formula is C15H24N2. The lowest BCUT2D eigenvalue weighted by atomic mass is 10.0. The van der Waals surface area contributed by atoms with Gasteiger partial charge >= 0.3 is 0 Å². The number of nitrogens with zero attached hydrogens (tertiary/aromatic N) is 1. The second-order valence-electron chi connectivity index (χ2n) is 5.07. The van der Waals surface area contributed by atoms with E-state index in [1.165, 1.54) is 31.5 Å². The van der Waals surface area contributed by atoms with Crippen molar-refractivity contribution >= 4 is 5.69 Å². The Morgan fingerprint density at radius 2 is 2.00 bits per heavy atom. The largest absolute Gasteiger partial charge is 0.374 e. The first kappa shape index (κ1) is 12.4. The first-order valence-electron chi connectivity index (χ1n) is 6.81. The summed E-state index contributed by atoms with van der Waals surface area (Å²) in [6, 6.07) is 11.4.